The summed E-state index contributed by atoms with van der Waals surface area (Å²) in [5.41, 5.74) is 5.08. The van der Waals surface area contributed by atoms with Gasteiger partial charge in [-0.1, -0.05) is 78.9 Å². The highest BCUT2D eigenvalue weighted by atomic mass is 16.1. The van der Waals surface area contributed by atoms with E-state index in [1.54, 1.807) is 0 Å². The van der Waals surface area contributed by atoms with Crippen LogP contribution in [0.3, 0.4) is 0 Å². The molecule has 0 saturated carbocycles. The van der Waals surface area contributed by atoms with Gasteiger partial charge in [0.15, 0.2) is 0 Å². The summed E-state index contributed by atoms with van der Waals surface area (Å²) in [6.45, 7) is 4.05. The van der Waals surface area contributed by atoms with Gasteiger partial charge in [-0.05, 0) is 36.6 Å². The Labute approximate surface area is 194 Å². The molecule has 1 aromatic heterocycles. The number of rotatable bonds is 6. The van der Waals surface area contributed by atoms with Gasteiger partial charge in [-0.2, -0.15) is 0 Å². The Kier molecular flexibility index (Phi) is 6.05. The average molecular weight is 437 g/mol. The number of anilines is 2. The van der Waals surface area contributed by atoms with Gasteiger partial charge < -0.3 is 0 Å². The van der Waals surface area contributed by atoms with Crippen molar-refractivity contribution in [1.29, 1.82) is 0 Å². The minimum Gasteiger partial charge on any atom is -0.298 e. The molecule has 0 atom stereocenters. The van der Waals surface area contributed by atoms with Crippen molar-refractivity contribution >= 4 is 11.6 Å². The lowest BCUT2D eigenvalue weighted by Gasteiger charge is -2.38. The number of hydrogen-bond acceptors (Lipinski definition) is 4. The molecule has 0 bridgehead atoms. The van der Waals surface area contributed by atoms with Crippen molar-refractivity contribution in [2.75, 3.05) is 18.1 Å². The highest BCUT2D eigenvalue weighted by Gasteiger charge is 2.27. The minimum atomic E-state index is 0.0479. The van der Waals surface area contributed by atoms with Gasteiger partial charge in [0.1, 0.15) is 0 Å². The van der Waals surface area contributed by atoms with E-state index < -0.39 is 0 Å². The molecule has 4 aromatic rings. The number of nitrogens with zero attached hydrogens (tertiary/aromatic N) is 4. The Hall–Kier alpha value is -3.70. The number of hydrogen-bond donors (Lipinski definition) is 0. The predicted octanol–water partition coefficient (Wildman–Crippen LogP) is 4.75. The highest BCUT2D eigenvalue weighted by Crippen LogP contribution is 2.27. The summed E-state index contributed by atoms with van der Waals surface area (Å²) < 4.78 is 1.84. The summed E-state index contributed by atoms with van der Waals surface area (Å²) in [4.78, 5) is 23.1. The maximum absolute atomic E-state index is 13.7. The second-order valence-corrected chi connectivity index (χ2v) is 8.55. The summed E-state index contributed by atoms with van der Waals surface area (Å²) in [5.74, 6) is 0.719. The molecular weight excluding hydrogens is 408 g/mol. The van der Waals surface area contributed by atoms with Gasteiger partial charge in [-0.25, -0.2) is 4.98 Å². The molecule has 5 rings (SSSR count). The highest BCUT2D eigenvalue weighted by molar-refractivity contribution is 5.58. The van der Waals surface area contributed by atoms with E-state index in [1.165, 1.54) is 5.56 Å². The topological polar surface area (TPSA) is 41.4 Å². The summed E-state index contributed by atoms with van der Waals surface area (Å²) in [6, 6.07) is 30.8. The Bertz CT molecular complexity index is 1270. The van der Waals surface area contributed by atoms with Crippen molar-refractivity contribution < 1.29 is 0 Å². The normalized spacial score (nSPS) is 13.7. The zero-order valence-corrected chi connectivity index (χ0v) is 18.9. The molecule has 0 saturated heterocycles. The third-order valence-corrected chi connectivity index (χ3v) is 6.22. The predicted molar refractivity (Wildman–Crippen MR) is 133 cm³/mol. The zero-order chi connectivity index (χ0) is 22.6. The standard InChI is InChI=1S/C28H28N4O/c1-22-26(19-24-13-7-3-8-14-24)27(33)32-21-30(18-17-23-11-5-2-6-12-23)20-31(28(32)29-22)25-15-9-4-10-16-25/h2-16H,17-21H2,1H3. The van der Waals surface area contributed by atoms with Crippen LogP contribution in [0.15, 0.2) is 95.8 Å². The second-order valence-electron chi connectivity index (χ2n) is 8.55. The quantitative estimate of drug-likeness (QED) is 0.437. The molecule has 1 aliphatic heterocycles. The van der Waals surface area contributed by atoms with Crippen LogP contribution < -0.4 is 10.5 Å². The maximum Gasteiger partial charge on any atom is 0.259 e. The van der Waals surface area contributed by atoms with E-state index in [4.69, 9.17) is 4.98 Å². The van der Waals surface area contributed by atoms with E-state index in [2.05, 4.69) is 58.3 Å². The third kappa shape index (κ3) is 4.59. The van der Waals surface area contributed by atoms with Crippen LogP contribution in [0.2, 0.25) is 0 Å². The molecule has 3 aromatic carbocycles. The average Bonchev–Trinajstić information content (AvgIpc) is 2.87. The summed E-state index contributed by atoms with van der Waals surface area (Å²) in [6.07, 6.45) is 1.53. The Balaban J connectivity index is 1.51. The number of benzene rings is 3. The molecule has 5 heteroatoms. The molecule has 0 amide bonds. The molecule has 0 spiro atoms. The van der Waals surface area contributed by atoms with Gasteiger partial charge in [0.25, 0.3) is 5.56 Å². The van der Waals surface area contributed by atoms with E-state index in [0.29, 0.717) is 19.8 Å². The van der Waals surface area contributed by atoms with Gasteiger partial charge in [0.05, 0.1) is 19.0 Å². The summed E-state index contributed by atoms with van der Waals surface area (Å²) in [7, 11) is 0. The van der Waals surface area contributed by atoms with Crippen molar-refractivity contribution in [2.24, 2.45) is 0 Å². The molecular formula is C28H28N4O. The Morgan fingerprint density at radius 3 is 2.06 bits per heavy atom. The smallest absolute Gasteiger partial charge is 0.259 e. The van der Waals surface area contributed by atoms with Gasteiger partial charge in [0.2, 0.25) is 5.95 Å². The molecule has 33 heavy (non-hydrogen) atoms. The second kappa shape index (κ2) is 9.43. The minimum absolute atomic E-state index is 0.0479. The Morgan fingerprint density at radius 1 is 0.788 bits per heavy atom. The molecule has 0 N–H and O–H groups in total. The van der Waals surface area contributed by atoms with Crippen LogP contribution in [0.5, 0.6) is 0 Å². The van der Waals surface area contributed by atoms with Crippen LogP contribution in [0, 0.1) is 6.92 Å². The fourth-order valence-electron chi connectivity index (χ4n) is 4.41. The van der Waals surface area contributed by atoms with E-state index >= 15 is 0 Å². The first-order chi connectivity index (χ1) is 16.2. The molecule has 0 unspecified atom stereocenters. The zero-order valence-electron chi connectivity index (χ0n) is 18.9. The maximum atomic E-state index is 13.7. The SMILES string of the molecule is Cc1nc2n(c(=O)c1Cc1ccccc1)CN(CCc1ccccc1)CN2c1ccccc1. The van der Waals surface area contributed by atoms with Crippen LogP contribution in [-0.4, -0.2) is 27.7 Å². The van der Waals surface area contributed by atoms with Crippen LogP contribution in [0.4, 0.5) is 11.6 Å². The van der Waals surface area contributed by atoms with Crippen LogP contribution in [-0.2, 0) is 19.5 Å². The first-order valence-electron chi connectivity index (χ1n) is 11.4. The monoisotopic (exact) mass is 436 g/mol. The van der Waals surface area contributed by atoms with E-state index in [9.17, 15) is 4.79 Å². The third-order valence-electron chi connectivity index (χ3n) is 6.22. The van der Waals surface area contributed by atoms with E-state index in [-0.39, 0.29) is 5.56 Å². The largest absolute Gasteiger partial charge is 0.298 e. The molecule has 0 aliphatic carbocycles. The number of para-hydroxylation sites is 1. The van der Waals surface area contributed by atoms with Gasteiger partial charge in [-0.15, -0.1) is 0 Å². The number of fused-ring (bicyclic) bond motifs is 1. The fraction of sp³-hybridized carbons (Fsp3) is 0.214. The van der Waals surface area contributed by atoms with Crippen molar-refractivity contribution in [3.8, 4) is 0 Å². The molecule has 166 valence electrons. The fourth-order valence-corrected chi connectivity index (χ4v) is 4.41. The molecule has 2 heterocycles. The first kappa shape index (κ1) is 21.2. The van der Waals surface area contributed by atoms with Gasteiger partial charge >= 0.3 is 0 Å². The first-order valence-corrected chi connectivity index (χ1v) is 11.4. The summed E-state index contributed by atoms with van der Waals surface area (Å²) >= 11 is 0. The molecule has 5 nitrogen and oxygen atoms in total. The van der Waals surface area contributed by atoms with E-state index in [1.807, 2.05) is 54.0 Å². The molecule has 0 fully saturated rings. The van der Waals surface area contributed by atoms with Crippen LogP contribution >= 0.6 is 0 Å². The van der Waals surface area contributed by atoms with Gasteiger partial charge in [-0.3, -0.25) is 19.2 Å². The number of aromatic nitrogens is 2. The van der Waals surface area contributed by atoms with Crippen molar-refractivity contribution in [3.05, 3.63) is 124 Å². The molecule has 1 aliphatic rings. The lowest BCUT2D eigenvalue weighted by molar-refractivity contribution is 0.200. The van der Waals surface area contributed by atoms with Crippen molar-refractivity contribution in [1.82, 2.24) is 14.5 Å². The lowest BCUT2D eigenvalue weighted by Crippen LogP contribution is -2.48. The van der Waals surface area contributed by atoms with Crippen molar-refractivity contribution in [2.45, 2.75) is 26.4 Å². The number of aryl methyl sites for hydroxylation is 1. The van der Waals surface area contributed by atoms with Crippen LogP contribution in [0.1, 0.15) is 22.4 Å². The van der Waals surface area contributed by atoms with E-state index in [0.717, 1.165) is 41.4 Å². The Morgan fingerprint density at radius 2 is 1.39 bits per heavy atom. The summed E-state index contributed by atoms with van der Waals surface area (Å²) in [5, 5.41) is 0. The molecule has 0 radical (unpaired) electrons. The lowest BCUT2D eigenvalue weighted by atomic mass is 10.1. The van der Waals surface area contributed by atoms with Crippen molar-refractivity contribution in [3.63, 3.8) is 0 Å². The van der Waals surface area contributed by atoms with Gasteiger partial charge in [0, 0.05) is 24.2 Å². The van der Waals surface area contributed by atoms with Crippen LogP contribution in [0.25, 0.3) is 0 Å².